The molecule has 1 fully saturated rings. The van der Waals surface area contributed by atoms with Crippen molar-refractivity contribution in [3.8, 4) is 0 Å². The number of benzene rings is 1. The normalized spacial score (nSPS) is 16.9. The molecule has 7 heteroatoms. The number of alkyl halides is 3. The second kappa shape index (κ2) is 4.41. The Balaban J connectivity index is 2.37. The molecular weight excluding hydrogens is 259 g/mol. The molecule has 0 bridgehead atoms. The zero-order valence-electron chi connectivity index (χ0n) is 10.3. The van der Waals surface area contributed by atoms with E-state index in [9.17, 15) is 18.0 Å². The first-order valence-electron chi connectivity index (χ1n) is 5.76. The van der Waals surface area contributed by atoms with E-state index in [4.69, 9.17) is 5.84 Å². The number of anilines is 1. The van der Waals surface area contributed by atoms with Crippen LogP contribution in [-0.2, 0) is 6.18 Å². The van der Waals surface area contributed by atoms with Crippen LogP contribution in [0.25, 0.3) is 0 Å². The summed E-state index contributed by atoms with van der Waals surface area (Å²) in [6.45, 7) is 1.84. The molecule has 19 heavy (non-hydrogen) atoms. The van der Waals surface area contributed by atoms with Gasteiger partial charge in [-0.1, -0.05) is 6.07 Å². The summed E-state index contributed by atoms with van der Waals surface area (Å²) < 4.78 is 38.4. The van der Waals surface area contributed by atoms with Crippen molar-refractivity contribution in [2.45, 2.75) is 31.5 Å². The number of hydrogen-bond donors (Lipinski definition) is 3. The van der Waals surface area contributed by atoms with Gasteiger partial charge in [-0.15, -0.1) is 0 Å². The smallest absolute Gasteiger partial charge is 0.347 e. The fraction of sp³-hybridized carbons (Fsp3) is 0.417. The molecule has 2 rings (SSSR count). The van der Waals surface area contributed by atoms with Gasteiger partial charge >= 0.3 is 6.18 Å². The molecule has 4 N–H and O–H groups in total. The number of hydrazine groups is 1. The molecule has 0 atom stereocenters. The van der Waals surface area contributed by atoms with Crippen molar-refractivity contribution in [2.75, 3.05) is 5.43 Å². The summed E-state index contributed by atoms with van der Waals surface area (Å²) >= 11 is 0. The summed E-state index contributed by atoms with van der Waals surface area (Å²) in [7, 11) is 0. The molecule has 1 aromatic carbocycles. The zero-order valence-corrected chi connectivity index (χ0v) is 10.3. The van der Waals surface area contributed by atoms with Gasteiger partial charge in [0.2, 0.25) is 0 Å². The Kier molecular flexibility index (Phi) is 3.17. The number of rotatable bonds is 3. The minimum Gasteiger partial charge on any atom is -0.347 e. The highest BCUT2D eigenvalue weighted by molar-refractivity contribution is 6.00. The lowest BCUT2D eigenvalue weighted by Crippen LogP contribution is -2.35. The van der Waals surface area contributed by atoms with E-state index in [1.54, 1.807) is 0 Å². The summed E-state index contributed by atoms with van der Waals surface area (Å²) in [5.41, 5.74) is 0.202. The fourth-order valence-corrected chi connectivity index (χ4v) is 1.79. The molecule has 1 aromatic rings. The summed E-state index contributed by atoms with van der Waals surface area (Å²) in [5, 5.41) is 2.70. The Morgan fingerprint density at radius 2 is 2.00 bits per heavy atom. The second-order valence-corrected chi connectivity index (χ2v) is 4.89. The largest absolute Gasteiger partial charge is 0.418 e. The van der Waals surface area contributed by atoms with E-state index in [0.717, 1.165) is 18.9 Å². The van der Waals surface area contributed by atoms with Crippen LogP contribution in [0.5, 0.6) is 0 Å². The number of hydrogen-bond acceptors (Lipinski definition) is 3. The summed E-state index contributed by atoms with van der Waals surface area (Å²) in [4.78, 5) is 12.0. The van der Waals surface area contributed by atoms with Gasteiger partial charge in [0.05, 0.1) is 16.8 Å². The zero-order chi connectivity index (χ0) is 14.3. The topological polar surface area (TPSA) is 67.2 Å². The van der Waals surface area contributed by atoms with Crippen LogP contribution in [0, 0.1) is 0 Å². The molecule has 1 saturated carbocycles. The van der Waals surface area contributed by atoms with E-state index >= 15 is 0 Å². The van der Waals surface area contributed by atoms with E-state index in [0.29, 0.717) is 0 Å². The van der Waals surface area contributed by atoms with Crippen LogP contribution in [0.1, 0.15) is 35.7 Å². The Morgan fingerprint density at radius 1 is 1.37 bits per heavy atom. The Bertz CT molecular complexity index is 509. The van der Waals surface area contributed by atoms with Gasteiger partial charge in [-0.05, 0) is 31.9 Å². The van der Waals surface area contributed by atoms with Crippen molar-refractivity contribution in [1.29, 1.82) is 0 Å². The highest BCUT2D eigenvalue weighted by atomic mass is 19.4. The minimum atomic E-state index is -4.57. The number of nitrogens with one attached hydrogen (secondary N) is 2. The average Bonchev–Trinajstić information content (AvgIpc) is 3.04. The monoisotopic (exact) mass is 273 g/mol. The van der Waals surface area contributed by atoms with Crippen molar-refractivity contribution in [2.24, 2.45) is 5.84 Å². The molecule has 0 unspecified atom stereocenters. The van der Waals surface area contributed by atoms with E-state index in [2.05, 4.69) is 5.32 Å². The van der Waals surface area contributed by atoms with Crippen LogP contribution >= 0.6 is 0 Å². The van der Waals surface area contributed by atoms with Gasteiger partial charge in [-0.3, -0.25) is 10.6 Å². The van der Waals surface area contributed by atoms with E-state index in [1.807, 2.05) is 12.3 Å². The summed E-state index contributed by atoms with van der Waals surface area (Å²) in [5.74, 6) is 4.58. The van der Waals surface area contributed by atoms with Crippen LogP contribution in [0.15, 0.2) is 18.2 Å². The molecule has 0 aliphatic heterocycles. The number of carbonyl (C=O) groups is 1. The SMILES string of the molecule is CC1(NC(=O)c2cccc(C(F)(F)F)c2NN)CC1. The first-order chi connectivity index (χ1) is 8.77. The van der Waals surface area contributed by atoms with Gasteiger partial charge < -0.3 is 10.7 Å². The molecular formula is C12H14F3N3O. The lowest BCUT2D eigenvalue weighted by atomic mass is 10.1. The first-order valence-corrected chi connectivity index (χ1v) is 5.76. The van der Waals surface area contributed by atoms with Gasteiger partial charge in [-0.25, -0.2) is 0 Å². The lowest BCUT2D eigenvalue weighted by molar-refractivity contribution is -0.137. The van der Waals surface area contributed by atoms with Crippen molar-refractivity contribution >= 4 is 11.6 Å². The van der Waals surface area contributed by atoms with Gasteiger partial charge in [0.15, 0.2) is 0 Å². The molecule has 0 aromatic heterocycles. The molecule has 0 heterocycles. The van der Waals surface area contributed by atoms with Crippen LogP contribution in [-0.4, -0.2) is 11.4 Å². The number of carbonyl (C=O) groups excluding carboxylic acids is 1. The molecule has 0 radical (unpaired) electrons. The van der Waals surface area contributed by atoms with Crippen molar-refractivity contribution in [1.82, 2.24) is 5.32 Å². The van der Waals surface area contributed by atoms with Crippen LogP contribution in [0.3, 0.4) is 0 Å². The van der Waals surface area contributed by atoms with Crippen molar-refractivity contribution in [3.63, 3.8) is 0 Å². The quantitative estimate of drug-likeness (QED) is 0.584. The highest BCUT2D eigenvalue weighted by Crippen LogP contribution is 2.38. The minimum absolute atomic E-state index is 0.106. The molecule has 1 aliphatic rings. The average molecular weight is 273 g/mol. The summed E-state index contributed by atoms with van der Waals surface area (Å²) in [6.07, 6.45) is -2.92. The number of para-hydroxylation sites is 1. The van der Waals surface area contributed by atoms with Gasteiger partial charge in [0, 0.05) is 5.54 Å². The van der Waals surface area contributed by atoms with Gasteiger partial charge in [0.25, 0.3) is 5.91 Å². The Labute approximate surface area is 108 Å². The fourth-order valence-electron chi connectivity index (χ4n) is 1.79. The number of nitrogen functional groups attached to an aromatic ring is 1. The molecule has 0 spiro atoms. The summed E-state index contributed by atoms with van der Waals surface area (Å²) in [6, 6.07) is 3.38. The predicted molar refractivity (Wildman–Crippen MR) is 64.4 cm³/mol. The number of halogens is 3. The molecule has 4 nitrogen and oxygen atoms in total. The first kappa shape index (κ1) is 13.7. The maximum Gasteiger partial charge on any atom is 0.418 e. The lowest BCUT2D eigenvalue weighted by Gasteiger charge is -2.17. The van der Waals surface area contributed by atoms with E-state index in [-0.39, 0.29) is 11.1 Å². The second-order valence-electron chi connectivity index (χ2n) is 4.89. The number of amides is 1. The van der Waals surface area contributed by atoms with Crippen LogP contribution < -0.4 is 16.6 Å². The third-order valence-electron chi connectivity index (χ3n) is 3.17. The molecule has 104 valence electrons. The molecule has 1 aliphatic carbocycles. The van der Waals surface area contributed by atoms with Crippen LogP contribution in [0.4, 0.5) is 18.9 Å². The standard InChI is InChI=1S/C12H14F3N3O/c1-11(5-6-11)17-10(19)7-3-2-4-8(9(7)18-16)12(13,14)15/h2-4,18H,5-6,16H2,1H3,(H,17,19). The van der Waals surface area contributed by atoms with Gasteiger partial charge in [0.1, 0.15) is 0 Å². The predicted octanol–water partition coefficient (Wildman–Crippen LogP) is 2.27. The highest BCUT2D eigenvalue weighted by Gasteiger charge is 2.40. The Hall–Kier alpha value is -1.76. The van der Waals surface area contributed by atoms with Crippen LogP contribution in [0.2, 0.25) is 0 Å². The third kappa shape index (κ3) is 2.81. The van der Waals surface area contributed by atoms with Crippen molar-refractivity contribution in [3.05, 3.63) is 29.3 Å². The Morgan fingerprint density at radius 3 is 2.47 bits per heavy atom. The maximum atomic E-state index is 12.8. The number of nitrogens with two attached hydrogens (primary N) is 1. The van der Waals surface area contributed by atoms with E-state index < -0.39 is 23.3 Å². The molecule has 0 saturated heterocycles. The maximum absolute atomic E-state index is 12.8. The molecule has 1 amide bonds. The van der Waals surface area contributed by atoms with E-state index in [1.165, 1.54) is 12.1 Å². The van der Waals surface area contributed by atoms with Gasteiger partial charge in [-0.2, -0.15) is 13.2 Å². The van der Waals surface area contributed by atoms with Crippen molar-refractivity contribution < 1.29 is 18.0 Å². The third-order valence-corrected chi connectivity index (χ3v) is 3.17.